The molecule has 1 aliphatic rings. The predicted octanol–water partition coefficient (Wildman–Crippen LogP) is -0.973. The average molecular weight is 149 g/mol. The minimum absolute atomic E-state index is 0. The number of nitrogens with one attached hydrogen (secondary N) is 1. The first-order chi connectivity index (χ1) is 3.89. The SMILES string of the molecule is O.O.O=C1CCCCCN1. The summed E-state index contributed by atoms with van der Waals surface area (Å²) in [5.74, 6) is 0.225. The number of rotatable bonds is 0. The van der Waals surface area contributed by atoms with Gasteiger partial charge in [-0.15, -0.1) is 0 Å². The average Bonchev–Trinajstić information content (AvgIpc) is 1.94. The minimum Gasteiger partial charge on any atom is -0.412 e. The molecule has 1 rings (SSSR count). The van der Waals surface area contributed by atoms with Crippen molar-refractivity contribution in [2.75, 3.05) is 6.54 Å². The molecule has 1 fully saturated rings. The molecule has 1 heterocycles. The number of amides is 1. The van der Waals surface area contributed by atoms with Gasteiger partial charge in [-0.05, 0) is 12.8 Å². The van der Waals surface area contributed by atoms with Crippen LogP contribution in [0.2, 0.25) is 0 Å². The van der Waals surface area contributed by atoms with Gasteiger partial charge in [0.05, 0.1) is 0 Å². The summed E-state index contributed by atoms with van der Waals surface area (Å²) >= 11 is 0. The topological polar surface area (TPSA) is 92.1 Å². The second-order valence-electron chi connectivity index (χ2n) is 2.16. The molecule has 0 aliphatic carbocycles. The van der Waals surface area contributed by atoms with Gasteiger partial charge in [-0.2, -0.15) is 0 Å². The highest BCUT2D eigenvalue weighted by Crippen LogP contribution is 2.02. The second-order valence-corrected chi connectivity index (χ2v) is 2.16. The Morgan fingerprint density at radius 1 is 1.10 bits per heavy atom. The third-order valence-electron chi connectivity index (χ3n) is 1.40. The Bertz CT molecular complexity index is 85.0. The zero-order valence-corrected chi connectivity index (χ0v) is 5.94. The fraction of sp³-hybridized carbons (Fsp3) is 0.833. The molecule has 0 bridgehead atoms. The van der Waals surface area contributed by atoms with Gasteiger partial charge in [-0.1, -0.05) is 6.42 Å². The van der Waals surface area contributed by atoms with E-state index in [0.29, 0.717) is 0 Å². The fourth-order valence-corrected chi connectivity index (χ4v) is 0.904. The Labute approximate surface area is 60.2 Å². The Morgan fingerprint density at radius 3 is 2.50 bits per heavy atom. The van der Waals surface area contributed by atoms with Crippen LogP contribution in [0.15, 0.2) is 0 Å². The summed E-state index contributed by atoms with van der Waals surface area (Å²) in [5.41, 5.74) is 0. The zero-order valence-electron chi connectivity index (χ0n) is 5.94. The Balaban J connectivity index is 0. The van der Waals surface area contributed by atoms with Gasteiger partial charge < -0.3 is 16.3 Å². The van der Waals surface area contributed by atoms with Crippen molar-refractivity contribution >= 4 is 5.91 Å². The summed E-state index contributed by atoms with van der Waals surface area (Å²) in [6.45, 7) is 0.888. The van der Waals surface area contributed by atoms with Gasteiger partial charge in [-0.25, -0.2) is 0 Å². The fourth-order valence-electron chi connectivity index (χ4n) is 0.904. The van der Waals surface area contributed by atoms with Crippen LogP contribution < -0.4 is 5.32 Å². The molecule has 1 amide bonds. The van der Waals surface area contributed by atoms with Crippen LogP contribution in [-0.2, 0) is 4.79 Å². The molecule has 0 atom stereocenters. The largest absolute Gasteiger partial charge is 0.412 e. The van der Waals surface area contributed by atoms with Crippen molar-refractivity contribution in [3.8, 4) is 0 Å². The molecule has 0 aromatic heterocycles. The lowest BCUT2D eigenvalue weighted by molar-refractivity contribution is -0.120. The van der Waals surface area contributed by atoms with Crippen LogP contribution in [0.1, 0.15) is 25.7 Å². The van der Waals surface area contributed by atoms with Gasteiger partial charge in [0.1, 0.15) is 0 Å². The molecule has 4 nitrogen and oxygen atoms in total. The van der Waals surface area contributed by atoms with Crippen molar-refractivity contribution in [3.63, 3.8) is 0 Å². The smallest absolute Gasteiger partial charge is 0.219 e. The minimum atomic E-state index is 0. The molecule has 62 valence electrons. The number of hydrogen-bond acceptors (Lipinski definition) is 1. The highest BCUT2D eigenvalue weighted by molar-refractivity contribution is 5.75. The molecular weight excluding hydrogens is 134 g/mol. The second kappa shape index (κ2) is 6.51. The molecule has 0 aromatic carbocycles. The van der Waals surface area contributed by atoms with Crippen LogP contribution in [0, 0.1) is 0 Å². The van der Waals surface area contributed by atoms with Crippen molar-refractivity contribution in [2.45, 2.75) is 25.7 Å². The van der Waals surface area contributed by atoms with E-state index in [2.05, 4.69) is 5.32 Å². The standard InChI is InChI=1S/C6H11NO.2H2O/c8-6-4-2-1-3-5-7-6;;/h1-5H2,(H,7,8);2*1H2. The van der Waals surface area contributed by atoms with Gasteiger partial charge in [0.15, 0.2) is 0 Å². The molecule has 10 heavy (non-hydrogen) atoms. The monoisotopic (exact) mass is 149 g/mol. The van der Waals surface area contributed by atoms with E-state index in [4.69, 9.17) is 0 Å². The van der Waals surface area contributed by atoms with E-state index in [0.717, 1.165) is 25.8 Å². The molecule has 0 radical (unpaired) electrons. The van der Waals surface area contributed by atoms with Crippen molar-refractivity contribution in [2.24, 2.45) is 0 Å². The maximum absolute atomic E-state index is 10.6. The van der Waals surface area contributed by atoms with E-state index in [1.165, 1.54) is 6.42 Å². The first-order valence-electron chi connectivity index (χ1n) is 3.16. The van der Waals surface area contributed by atoms with E-state index in [1.807, 2.05) is 0 Å². The van der Waals surface area contributed by atoms with Crippen LogP contribution in [0.3, 0.4) is 0 Å². The van der Waals surface area contributed by atoms with Crippen LogP contribution in [-0.4, -0.2) is 23.4 Å². The summed E-state index contributed by atoms with van der Waals surface area (Å²) in [6.07, 6.45) is 4.18. The molecule has 1 aliphatic heterocycles. The Kier molecular flexibility index (Phi) is 7.88. The third-order valence-corrected chi connectivity index (χ3v) is 1.40. The normalized spacial score (nSPS) is 17.4. The first kappa shape index (κ1) is 12.1. The van der Waals surface area contributed by atoms with E-state index in [1.54, 1.807) is 0 Å². The van der Waals surface area contributed by atoms with Crippen molar-refractivity contribution in [3.05, 3.63) is 0 Å². The van der Waals surface area contributed by atoms with E-state index >= 15 is 0 Å². The van der Waals surface area contributed by atoms with Gasteiger partial charge in [0, 0.05) is 13.0 Å². The molecule has 0 spiro atoms. The van der Waals surface area contributed by atoms with Gasteiger partial charge in [-0.3, -0.25) is 4.79 Å². The van der Waals surface area contributed by atoms with Crippen LogP contribution in [0.25, 0.3) is 0 Å². The third kappa shape index (κ3) is 4.29. The van der Waals surface area contributed by atoms with Gasteiger partial charge >= 0.3 is 0 Å². The summed E-state index contributed by atoms with van der Waals surface area (Å²) in [7, 11) is 0. The molecule has 4 heteroatoms. The Morgan fingerprint density at radius 2 is 1.80 bits per heavy atom. The van der Waals surface area contributed by atoms with Crippen molar-refractivity contribution in [1.29, 1.82) is 0 Å². The van der Waals surface area contributed by atoms with Crippen LogP contribution >= 0.6 is 0 Å². The van der Waals surface area contributed by atoms with Crippen molar-refractivity contribution < 1.29 is 15.7 Å². The van der Waals surface area contributed by atoms with Crippen LogP contribution in [0.4, 0.5) is 0 Å². The maximum atomic E-state index is 10.6. The molecule has 1 saturated heterocycles. The molecule has 0 aromatic rings. The van der Waals surface area contributed by atoms with Gasteiger partial charge in [0.25, 0.3) is 0 Å². The lowest BCUT2D eigenvalue weighted by Gasteiger charge is -1.93. The zero-order chi connectivity index (χ0) is 5.82. The summed E-state index contributed by atoms with van der Waals surface area (Å²) in [6, 6.07) is 0. The first-order valence-corrected chi connectivity index (χ1v) is 3.16. The number of carbonyl (C=O) groups is 1. The summed E-state index contributed by atoms with van der Waals surface area (Å²) < 4.78 is 0. The quantitative estimate of drug-likeness (QED) is 0.471. The number of carbonyl (C=O) groups excluding carboxylic acids is 1. The maximum Gasteiger partial charge on any atom is 0.219 e. The predicted molar refractivity (Wildman–Crippen MR) is 38.7 cm³/mol. The van der Waals surface area contributed by atoms with E-state index in [-0.39, 0.29) is 16.9 Å². The molecule has 0 saturated carbocycles. The lowest BCUT2D eigenvalue weighted by Crippen LogP contribution is -2.21. The Hall–Kier alpha value is -0.610. The highest BCUT2D eigenvalue weighted by atomic mass is 16.1. The highest BCUT2D eigenvalue weighted by Gasteiger charge is 2.03. The van der Waals surface area contributed by atoms with Gasteiger partial charge in [0.2, 0.25) is 5.91 Å². The molecular formula is C6H15NO3. The molecule has 0 unspecified atom stereocenters. The summed E-state index contributed by atoms with van der Waals surface area (Å²) in [4.78, 5) is 10.6. The molecule has 5 N–H and O–H groups in total. The van der Waals surface area contributed by atoms with Crippen molar-refractivity contribution in [1.82, 2.24) is 5.32 Å². The summed E-state index contributed by atoms with van der Waals surface area (Å²) in [5, 5.41) is 2.81. The lowest BCUT2D eigenvalue weighted by atomic mass is 10.2. The number of hydrogen-bond donors (Lipinski definition) is 1. The van der Waals surface area contributed by atoms with E-state index < -0.39 is 0 Å². The van der Waals surface area contributed by atoms with E-state index in [9.17, 15) is 4.79 Å². The van der Waals surface area contributed by atoms with Crippen LogP contribution in [0.5, 0.6) is 0 Å².